The second kappa shape index (κ2) is 8.02. The molecule has 5 N–H and O–H groups in total. The van der Waals surface area contributed by atoms with Crippen molar-refractivity contribution in [3.8, 4) is 11.8 Å². The van der Waals surface area contributed by atoms with E-state index in [2.05, 4.69) is 11.8 Å². The Labute approximate surface area is 160 Å². The minimum absolute atomic E-state index is 0.0412. The number of nitrogens with one attached hydrogen (secondary N) is 2. The van der Waals surface area contributed by atoms with Gasteiger partial charge in [0.1, 0.15) is 5.56 Å². The molecule has 2 rings (SSSR count). The molecule has 0 spiro atoms. The van der Waals surface area contributed by atoms with E-state index in [1.165, 1.54) is 5.32 Å². The Morgan fingerprint density at radius 3 is 2.59 bits per heavy atom. The van der Waals surface area contributed by atoms with Gasteiger partial charge in [0.2, 0.25) is 6.23 Å². The van der Waals surface area contributed by atoms with Crippen LogP contribution in [0.3, 0.4) is 0 Å². The zero-order valence-corrected chi connectivity index (χ0v) is 14.8. The normalized spacial score (nSPS) is 21.6. The van der Waals surface area contributed by atoms with Gasteiger partial charge < -0.3 is 25.4 Å². The number of aromatic nitrogens is 2. The highest BCUT2D eigenvalue weighted by Crippen LogP contribution is 2.40. The zero-order chi connectivity index (χ0) is 22.0. The summed E-state index contributed by atoms with van der Waals surface area (Å²) in [6.45, 7) is 0.107. The van der Waals surface area contributed by atoms with Crippen LogP contribution in [0.25, 0.3) is 0 Å². The smallest absolute Gasteiger partial charge is 0.471 e. The highest BCUT2D eigenvalue weighted by molar-refractivity contribution is 5.81. The van der Waals surface area contributed by atoms with Crippen LogP contribution in [0, 0.1) is 11.8 Å². The van der Waals surface area contributed by atoms with Gasteiger partial charge in [-0.05, 0) is 6.42 Å². The molecule has 158 valence electrons. The summed E-state index contributed by atoms with van der Waals surface area (Å²) in [5.74, 6) is 0.633. The fourth-order valence-corrected chi connectivity index (χ4v) is 2.45. The highest BCUT2D eigenvalue weighted by atomic mass is 19.4. The minimum atomic E-state index is -5.09. The van der Waals surface area contributed by atoms with Gasteiger partial charge in [-0.15, -0.1) is 0 Å². The number of H-pyrrole nitrogens is 1. The monoisotopic (exact) mass is 419 g/mol. The number of nitrogens with zero attached hydrogens (tertiary/aromatic N) is 1. The van der Waals surface area contributed by atoms with Gasteiger partial charge in [-0.1, -0.05) is 18.8 Å². The van der Waals surface area contributed by atoms with Gasteiger partial charge in [-0.3, -0.25) is 19.1 Å². The van der Waals surface area contributed by atoms with E-state index < -0.39 is 59.8 Å². The third kappa shape index (κ3) is 4.28. The van der Waals surface area contributed by atoms with Crippen LogP contribution in [0.2, 0.25) is 0 Å². The first-order chi connectivity index (χ1) is 13.5. The number of alkyl halides is 3. The number of halogens is 3. The number of amides is 1. The Morgan fingerprint density at radius 2 is 2.07 bits per heavy atom. The van der Waals surface area contributed by atoms with Crippen molar-refractivity contribution in [3.63, 3.8) is 0 Å². The van der Waals surface area contributed by atoms with Crippen LogP contribution >= 0.6 is 0 Å². The first kappa shape index (κ1) is 22.1. The number of aliphatic hydroxyl groups is 3. The van der Waals surface area contributed by atoms with Gasteiger partial charge in [0.25, 0.3) is 5.56 Å². The minimum Gasteiger partial charge on any atom is -0.506 e. The SMILES string of the molecule is CCC1(CO)OC(n2cc(C#CCNC(=O)C(F)(F)F)c(=O)[nH]c2=O)C(O)=C1O. The van der Waals surface area contributed by atoms with E-state index >= 15 is 0 Å². The van der Waals surface area contributed by atoms with E-state index in [-0.39, 0.29) is 12.0 Å². The van der Waals surface area contributed by atoms with E-state index in [4.69, 9.17) is 4.74 Å². The van der Waals surface area contributed by atoms with Crippen LogP contribution < -0.4 is 16.6 Å². The Bertz CT molecular complexity index is 1010. The lowest BCUT2D eigenvalue weighted by Crippen LogP contribution is -2.39. The van der Waals surface area contributed by atoms with Crippen LogP contribution in [-0.2, 0) is 9.53 Å². The van der Waals surface area contributed by atoms with Crippen LogP contribution in [0.4, 0.5) is 13.2 Å². The van der Waals surface area contributed by atoms with Crippen molar-refractivity contribution >= 4 is 5.91 Å². The van der Waals surface area contributed by atoms with Gasteiger partial charge in [-0.25, -0.2) is 4.79 Å². The van der Waals surface area contributed by atoms with Crippen LogP contribution in [-0.4, -0.2) is 55.7 Å². The molecule has 10 nitrogen and oxygen atoms in total. The van der Waals surface area contributed by atoms with E-state index in [1.807, 2.05) is 4.98 Å². The number of hydrogen-bond donors (Lipinski definition) is 5. The molecule has 1 amide bonds. The number of aromatic amines is 1. The molecular weight excluding hydrogens is 403 g/mol. The Hall–Kier alpha value is -3.24. The topological polar surface area (TPSA) is 154 Å². The molecule has 0 saturated carbocycles. The molecule has 29 heavy (non-hydrogen) atoms. The van der Waals surface area contributed by atoms with Crippen molar-refractivity contribution in [2.24, 2.45) is 0 Å². The summed E-state index contributed by atoms with van der Waals surface area (Å²) in [5.41, 5.74) is -4.06. The van der Waals surface area contributed by atoms with Crippen molar-refractivity contribution in [1.29, 1.82) is 0 Å². The molecule has 13 heteroatoms. The quantitative estimate of drug-likeness (QED) is 0.415. The predicted octanol–water partition coefficient (Wildman–Crippen LogP) is -0.436. The lowest BCUT2D eigenvalue weighted by atomic mass is 10.0. The van der Waals surface area contributed by atoms with E-state index in [0.717, 1.165) is 6.20 Å². The molecule has 0 saturated heterocycles. The average Bonchev–Trinajstić information content (AvgIpc) is 2.91. The number of aliphatic hydroxyl groups excluding tert-OH is 3. The summed E-state index contributed by atoms with van der Waals surface area (Å²) in [5, 5.41) is 31.1. The third-order valence-electron chi connectivity index (χ3n) is 4.11. The third-order valence-corrected chi connectivity index (χ3v) is 4.11. The van der Waals surface area contributed by atoms with Gasteiger partial charge in [0.05, 0.1) is 13.2 Å². The molecule has 0 radical (unpaired) electrons. The van der Waals surface area contributed by atoms with Crippen molar-refractivity contribution in [1.82, 2.24) is 14.9 Å². The summed E-state index contributed by atoms with van der Waals surface area (Å²) >= 11 is 0. The van der Waals surface area contributed by atoms with Gasteiger partial charge in [0.15, 0.2) is 17.1 Å². The van der Waals surface area contributed by atoms with Gasteiger partial charge in [0, 0.05) is 6.20 Å². The predicted molar refractivity (Wildman–Crippen MR) is 89.8 cm³/mol. The second-order valence-corrected chi connectivity index (χ2v) is 5.90. The molecule has 0 aromatic carbocycles. The maximum Gasteiger partial charge on any atom is 0.471 e. The summed E-state index contributed by atoms with van der Waals surface area (Å²) in [6, 6.07) is 0. The summed E-state index contributed by atoms with van der Waals surface area (Å²) < 4.78 is 42.4. The second-order valence-electron chi connectivity index (χ2n) is 5.90. The van der Waals surface area contributed by atoms with Crippen LogP contribution in [0.1, 0.15) is 25.1 Å². The molecule has 1 aromatic heterocycles. The molecular formula is C16H16F3N3O7. The van der Waals surface area contributed by atoms with E-state index in [1.54, 1.807) is 6.92 Å². The fraction of sp³-hybridized carbons (Fsp3) is 0.438. The molecule has 2 atom stereocenters. The Kier molecular flexibility index (Phi) is 6.10. The lowest BCUT2D eigenvalue weighted by molar-refractivity contribution is -0.173. The Morgan fingerprint density at radius 1 is 1.41 bits per heavy atom. The number of hydrogen-bond acceptors (Lipinski definition) is 7. The van der Waals surface area contributed by atoms with E-state index in [9.17, 15) is 42.9 Å². The number of ether oxygens (including phenoxy) is 1. The lowest BCUT2D eigenvalue weighted by Gasteiger charge is -2.26. The molecule has 0 bridgehead atoms. The Balaban J connectivity index is 2.33. The largest absolute Gasteiger partial charge is 0.506 e. The number of carbonyl (C=O) groups is 1. The van der Waals surface area contributed by atoms with Crippen molar-refractivity contribution in [3.05, 3.63) is 44.1 Å². The van der Waals surface area contributed by atoms with Crippen molar-refractivity contribution in [2.45, 2.75) is 31.3 Å². The van der Waals surface area contributed by atoms with Crippen LogP contribution in [0.15, 0.2) is 27.3 Å². The molecule has 1 aliphatic rings. The number of rotatable bonds is 4. The maximum atomic E-state index is 12.1. The molecule has 0 fully saturated rings. The first-order valence-electron chi connectivity index (χ1n) is 8.07. The average molecular weight is 419 g/mol. The summed E-state index contributed by atoms with van der Waals surface area (Å²) in [4.78, 5) is 36.5. The summed E-state index contributed by atoms with van der Waals surface area (Å²) in [7, 11) is 0. The standard InChI is InChI=1S/C16H16F3N3O7/c1-2-15(7-23)10(25)9(24)12(29-15)22-6-8(11(26)21-14(22)28)4-3-5-20-13(27)16(17,18)19/h6,12,23-25H,2,5,7H2,1H3,(H,20,27)(H,21,26,28). The molecule has 2 unspecified atom stereocenters. The maximum absolute atomic E-state index is 12.1. The summed E-state index contributed by atoms with van der Waals surface area (Å²) in [6.07, 6.45) is -5.77. The van der Waals surface area contributed by atoms with Gasteiger partial charge in [-0.2, -0.15) is 13.2 Å². The van der Waals surface area contributed by atoms with E-state index in [0.29, 0.717) is 4.57 Å². The molecule has 1 aromatic rings. The fourth-order valence-electron chi connectivity index (χ4n) is 2.45. The highest BCUT2D eigenvalue weighted by Gasteiger charge is 2.48. The molecule has 0 aliphatic carbocycles. The van der Waals surface area contributed by atoms with Crippen LogP contribution in [0.5, 0.6) is 0 Å². The first-order valence-corrected chi connectivity index (χ1v) is 8.07. The molecule has 2 heterocycles. The number of carbonyl (C=O) groups excluding carboxylic acids is 1. The van der Waals surface area contributed by atoms with Crippen molar-refractivity contribution < 1.29 is 38.0 Å². The van der Waals surface area contributed by atoms with Crippen molar-refractivity contribution in [2.75, 3.05) is 13.2 Å². The molecule has 1 aliphatic heterocycles. The van der Waals surface area contributed by atoms with Gasteiger partial charge >= 0.3 is 17.8 Å². The zero-order valence-electron chi connectivity index (χ0n) is 14.8.